The zero-order valence-electron chi connectivity index (χ0n) is 21.2. The third-order valence-electron chi connectivity index (χ3n) is 7.83. The van der Waals surface area contributed by atoms with Gasteiger partial charge in [-0.2, -0.15) is 4.98 Å². The molecule has 208 valence electrons. The van der Waals surface area contributed by atoms with Crippen LogP contribution in [0.15, 0.2) is 18.3 Å². The number of anilines is 3. The van der Waals surface area contributed by atoms with Gasteiger partial charge in [-0.05, 0) is 38.5 Å². The fourth-order valence-corrected chi connectivity index (χ4v) is 5.76. The second-order valence-electron chi connectivity index (χ2n) is 10.5. The zero-order valence-corrected chi connectivity index (χ0v) is 21.2. The minimum absolute atomic E-state index is 0.0403. The number of carbonyl (C=O) groups is 1. The summed E-state index contributed by atoms with van der Waals surface area (Å²) in [5, 5.41) is 15.8. The van der Waals surface area contributed by atoms with Gasteiger partial charge in [0.15, 0.2) is 17.3 Å². The van der Waals surface area contributed by atoms with E-state index in [0.29, 0.717) is 68.4 Å². The molecule has 0 bridgehead atoms. The molecule has 2 aromatic heterocycles. The molecule has 3 aliphatic rings. The predicted molar refractivity (Wildman–Crippen MR) is 136 cm³/mol. The van der Waals surface area contributed by atoms with Crippen molar-refractivity contribution in [1.29, 1.82) is 0 Å². The van der Waals surface area contributed by atoms with Gasteiger partial charge < -0.3 is 25.4 Å². The number of hydrogen-bond acceptors (Lipinski definition) is 8. The summed E-state index contributed by atoms with van der Waals surface area (Å²) < 4.78 is 49.5. The summed E-state index contributed by atoms with van der Waals surface area (Å²) in [7, 11) is 0. The second-order valence-corrected chi connectivity index (χ2v) is 10.5. The maximum Gasteiger partial charge on any atom is 0.225 e. The number of aliphatic hydroxyl groups is 1. The van der Waals surface area contributed by atoms with Crippen molar-refractivity contribution in [2.45, 2.75) is 56.7 Å². The molecular formula is C26H30F3N7O3. The smallest absolute Gasteiger partial charge is 0.225 e. The first-order valence-electron chi connectivity index (χ1n) is 13.3. The lowest BCUT2D eigenvalue weighted by molar-refractivity contribution is -0.135. The minimum atomic E-state index is -1.07. The number of nitrogens with one attached hydrogen (secondary N) is 2. The number of benzene rings is 1. The van der Waals surface area contributed by atoms with Crippen LogP contribution in [0.2, 0.25) is 0 Å². The number of fused-ring (bicyclic) bond motifs is 1. The van der Waals surface area contributed by atoms with E-state index in [1.807, 2.05) is 0 Å². The zero-order chi connectivity index (χ0) is 27.1. The summed E-state index contributed by atoms with van der Waals surface area (Å²) in [6.45, 7) is 1.94. The molecule has 0 unspecified atom stereocenters. The molecule has 2 atom stereocenters. The van der Waals surface area contributed by atoms with Crippen molar-refractivity contribution in [3.05, 3.63) is 35.8 Å². The van der Waals surface area contributed by atoms with Gasteiger partial charge in [-0.15, -0.1) is 0 Å². The van der Waals surface area contributed by atoms with E-state index in [0.717, 1.165) is 25.7 Å². The van der Waals surface area contributed by atoms with Gasteiger partial charge in [-0.1, -0.05) is 0 Å². The Bertz CT molecular complexity index is 1350. The molecule has 3 fully saturated rings. The number of rotatable bonds is 6. The van der Waals surface area contributed by atoms with Crippen LogP contribution in [-0.4, -0.2) is 73.9 Å². The molecule has 13 heteroatoms. The van der Waals surface area contributed by atoms with Gasteiger partial charge in [0.25, 0.3) is 0 Å². The molecule has 39 heavy (non-hydrogen) atoms. The molecule has 3 N–H and O–H groups in total. The van der Waals surface area contributed by atoms with E-state index in [9.17, 15) is 23.1 Å². The van der Waals surface area contributed by atoms with E-state index < -0.39 is 29.2 Å². The van der Waals surface area contributed by atoms with Crippen molar-refractivity contribution < 1.29 is 27.8 Å². The monoisotopic (exact) mass is 545 g/mol. The molecule has 3 aromatic rings. The number of imidazole rings is 1. The van der Waals surface area contributed by atoms with Gasteiger partial charge in [0.1, 0.15) is 17.0 Å². The fraction of sp³-hybridized carbons (Fsp3) is 0.538. The Balaban J connectivity index is 1.20. The molecule has 6 rings (SSSR count). The average Bonchev–Trinajstić information content (AvgIpc) is 3.66. The van der Waals surface area contributed by atoms with Crippen molar-refractivity contribution in [2.24, 2.45) is 5.92 Å². The lowest BCUT2D eigenvalue weighted by Gasteiger charge is -2.30. The SMILES string of the molecule is O=C(C1CCC(Nc2ncc3nc(Nc4c(F)cc(F)cc4F)n([C@H]4CCOC4)c3n2)CC1)N1CC[C@H](O)C1. The molecule has 0 radical (unpaired) electrons. The number of nitrogens with zero attached hydrogens (tertiary/aromatic N) is 5. The molecule has 1 aromatic carbocycles. The Kier molecular flexibility index (Phi) is 7.02. The van der Waals surface area contributed by atoms with Gasteiger partial charge in [0.05, 0.1) is 24.9 Å². The first-order chi connectivity index (χ1) is 18.9. The van der Waals surface area contributed by atoms with E-state index >= 15 is 0 Å². The van der Waals surface area contributed by atoms with Crippen molar-refractivity contribution in [3.8, 4) is 0 Å². The van der Waals surface area contributed by atoms with Gasteiger partial charge in [-0.25, -0.2) is 23.1 Å². The highest BCUT2D eigenvalue weighted by molar-refractivity contribution is 5.79. The minimum Gasteiger partial charge on any atom is -0.391 e. The lowest BCUT2D eigenvalue weighted by atomic mass is 9.85. The van der Waals surface area contributed by atoms with Gasteiger partial charge in [-0.3, -0.25) is 9.36 Å². The first-order valence-corrected chi connectivity index (χ1v) is 13.3. The highest BCUT2D eigenvalue weighted by Gasteiger charge is 2.33. The molecule has 1 amide bonds. The standard InChI is InChI=1S/C26H30F3N7O3/c27-15-9-19(28)22(20(29)10-15)33-26-32-21-11-30-25(34-23(21)36(26)17-6-8-39-13-17)31-16-3-1-14(2-4-16)24(38)35-7-5-18(37)12-35/h9-11,14,16-18,37H,1-8,12-13H2,(H,32,33)(H,30,31,34)/t14?,16?,17-,18-/m0/s1. The van der Waals surface area contributed by atoms with Crippen LogP contribution in [0.4, 0.5) is 30.8 Å². The molecule has 10 nitrogen and oxygen atoms in total. The molecular weight excluding hydrogens is 515 g/mol. The maximum atomic E-state index is 14.4. The predicted octanol–water partition coefficient (Wildman–Crippen LogP) is 3.51. The number of β-amino-alcohol motifs (C(OH)–C–C–N with tert-alkyl or cyclic N) is 1. The molecule has 4 heterocycles. The fourth-order valence-electron chi connectivity index (χ4n) is 5.76. The maximum absolute atomic E-state index is 14.4. The van der Waals surface area contributed by atoms with Crippen LogP contribution in [0, 0.1) is 23.4 Å². The average molecular weight is 546 g/mol. The van der Waals surface area contributed by atoms with Crippen molar-refractivity contribution >= 4 is 34.7 Å². The number of hydrogen-bond donors (Lipinski definition) is 3. The van der Waals surface area contributed by atoms with Crippen LogP contribution in [-0.2, 0) is 9.53 Å². The number of likely N-dealkylation sites (tertiary alicyclic amines) is 1. The number of amides is 1. The number of halogens is 3. The highest BCUT2D eigenvalue weighted by atomic mass is 19.1. The Morgan fingerprint density at radius 3 is 2.49 bits per heavy atom. The van der Waals surface area contributed by atoms with Gasteiger partial charge in [0.2, 0.25) is 17.8 Å². The van der Waals surface area contributed by atoms with E-state index in [1.165, 1.54) is 0 Å². The van der Waals surface area contributed by atoms with Crippen LogP contribution in [0.25, 0.3) is 11.2 Å². The quantitative estimate of drug-likeness (QED) is 0.431. The van der Waals surface area contributed by atoms with Crippen LogP contribution in [0.5, 0.6) is 0 Å². The van der Waals surface area contributed by atoms with Crippen molar-refractivity contribution in [3.63, 3.8) is 0 Å². The summed E-state index contributed by atoms with van der Waals surface area (Å²) >= 11 is 0. The number of ether oxygens (including phenoxy) is 1. The largest absolute Gasteiger partial charge is 0.391 e. The van der Waals surface area contributed by atoms with Crippen LogP contribution < -0.4 is 10.6 Å². The van der Waals surface area contributed by atoms with Crippen LogP contribution in [0.1, 0.15) is 44.6 Å². The Morgan fingerprint density at radius 2 is 1.82 bits per heavy atom. The Hall–Kier alpha value is -3.45. The molecule has 2 saturated heterocycles. The third kappa shape index (κ3) is 5.24. The lowest BCUT2D eigenvalue weighted by Crippen LogP contribution is -2.38. The summed E-state index contributed by atoms with van der Waals surface area (Å²) in [5.41, 5.74) is 0.401. The molecule has 2 aliphatic heterocycles. The highest BCUT2D eigenvalue weighted by Crippen LogP contribution is 2.33. The molecule has 1 aliphatic carbocycles. The van der Waals surface area contributed by atoms with Gasteiger partial charge >= 0.3 is 0 Å². The van der Waals surface area contributed by atoms with E-state index in [1.54, 1.807) is 15.7 Å². The Labute approximate surface area is 222 Å². The summed E-state index contributed by atoms with van der Waals surface area (Å²) in [5.74, 6) is -2.52. The number of aliphatic hydroxyl groups excluding tert-OH is 1. The number of aromatic nitrogens is 4. The summed E-state index contributed by atoms with van der Waals surface area (Å²) in [4.78, 5) is 28.1. The molecule has 1 saturated carbocycles. The summed E-state index contributed by atoms with van der Waals surface area (Å²) in [6.07, 6.45) is 5.46. The summed E-state index contributed by atoms with van der Waals surface area (Å²) in [6, 6.07) is 1.13. The van der Waals surface area contributed by atoms with E-state index in [4.69, 9.17) is 9.72 Å². The first kappa shape index (κ1) is 25.8. The normalized spacial score (nSPS) is 25.4. The topological polar surface area (TPSA) is 117 Å². The number of carbonyl (C=O) groups excluding carboxylic acids is 1. The third-order valence-corrected chi connectivity index (χ3v) is 7.83. The van der Waals surface area contributed by atoms with Crippen LogP contribution >= 0.6 is 0 Å². The molecule has 0 spiro atoms. The van der Waals surface area contributed by atoms with Crippen molar-refractivity contribution in [1.82, 2.24) is 24.4 Å². The van der Waals surface area contributed by atoms with E-state index in [2.05, 4.69) is 20.6 Å². The van der Waals surface area contributed by atoms with Crippen molar-refractivity contribution in [2.75, 3.05) is 36.9 Å². The Morgan fingerprint density at radius 1 is 1.05 bits per heavy atom. The van der Waals surface area contributed by atoms with Crippen LogP contribution in [0.3, 0.4) is 0 Å². The second kappa shape index (κ2) is 10.6. The van der Waals surface area contributed by atoms with E-state index in [-0.39, 0.29) is 29.9 Å². The van der Waals surface area contributed by atoms with Gasteiger partial charge in [0, 0.05) is 43.8 Å².